The van der Waals surface area contributed by atoms with E-state index in [1.165, 1.54) is 16.8 Å². The Morgan fingerprint density at radius 3 is 2.94 bits per heavy atom. The molecule has 0 aliphatic rings. The van der Waals surface area contributed by atoms with Crippen LogP contribution in [0.4, 0.5) is 4.39 Å². The predicted molar refractivity (Wildman–Crippen MR) is 66.2 cm³/mol. The third kappa shape index (κ3) is 2.49. The van der Waals surface area contributed by atoms with Gasteiger partial charge in [-0.15, -0.1) is 5.10 Å². The van der Waals surface area contributed by atoms with Gasteiger partial charge in [-0.3, -0.25) is 0 Å². The van der Waals surface area contributed by atoms with E-state index in [1.807, 2.05) is 13.8 Å². The molecule has 0 saturated carbocycles. The maximum absolute atomic E-state index is 13.0. The van der Waals surface area contributed by atoms with Crippen LogP contribution >= 0.6 is 11.6 Å². The number of benzene rings is 1. The zero-order chi connectivity index (χ0) is 13.1. The minimum absolute atomic E-state index is 0.0221. The van der Waals surface area contributed by atoms with E-state index < -0.39 is 5.82 Å². The van der Waals surface area contributed by atoms with Crippen molar-refractivity contribution in [2.75, 3.05) is 6.54 Å². The van der Waals surface area contributed by atoms with Gasteiger partial charge in [-0.25, -0.2) is 4.39 Å². The van der Waals surface area contributed by atoms with Crippen LogP contribution in [-0.4, -0.2) is 26.8 Å². The first-order chi connectivity index (χ1) is 8.63. The van der Waals surface area contributed by atoms with Gasteiger partial charge in [0.2, 0.25) is 0 Å². The maximum atomic E-state index is 13.0. The number of nitrogens with zero attached hydrogens (tertiary/aromatic N) is 4. The Hall–Kier alpha value is -1.53. The number of nitrogens with one attached hydrogen (secondary N) is 1. The minimum Gasteiger partial charge on any atom is -0.308 e. The summed E-state index contributed by atoms with van der Waals surface area (Å²) in [5.74, 6) is 0.239. The highest BCUT2D eigenvalue weighted by atomic mass is 35.5. The van der Waals surface area contributed by atoms with Crippen molar-refractivity contribution in [1.82, 2.24) is 25.5 Å². The number of rotatable bonds is 4. The lowest BCUT2D eigenvalue weighted by atomic mass is 10.2. The molecule has 18 heavy (non-hydrogen) atoms. The fourth-order valence-electron chi connectivity index (χ4n) is 1.69. The molecular weight excluding hydrogens is 257 g/mol. The molecule has 1 unspecified atom stereocenters. The van der Waals surface area contributed by atoms with E-state index in [9.17, 15) is 4.39 Å². The molecule has 1 aromatic heterocycles. The first kappa shape index (κ1) is 12.9. The number of tetrazole rings is 1. The van der Waals surface area contributed by atoms with Crippen LogP contribution in [0.15, 0.2) is 18.2 Å². The zero-order valence-electron chi connectivity index (χ0n) is 10.1. The fourth-order valence-corrected chi connectivity index (χ4v) is 1.93. The summed E-state index contributed by atoms with van der Waals surface area (Å²) in [5, 5.41) is 15.0. The van der Waals surface area contributed by atoms with Gasteiger partial charge in [0, 0.05) is 0 Å². The van der Waals surface area contributed by atoms with Crippen LogP contribution in [0.5, 0.6) is 0 Å². The lowest BCUT2D eigenvalue weighted by molar-refractivity contribution is 0.550. The highest BCUT2D eigenvalue weighted by molar-refractivity contribution is 6.32. The Morgan fingerprint density at radius 2 is 2.28 bits per heavy atom. The van der Waals surface area contributed by atoms with Crippen LogP contribution in [-0.2, 0) is 0 Å². The highest BCUT2D eigenvalue weighted by Crippen LogP contribution is 2.23. The van der Waals surface area contributed by atoms with Gasteiger partial charge in [0.25, 0.3) is 0 Å². The average molecular weight is 270 g/mol. The summed E-state index contributed by atoms with van der Waals surface area (Å²) in [4.78, 5) is 0. The van der Waals surface area contributed by atoms with Gasteiger partial charge in [0.15, 0.2) is 5.82 Å². The van der Waals surface area contributed by atoms with E-state index in [-0.39, 0.29) is 11.1 Å². The van der Waals surface area contributed by atoms with Gasteiger partial charge >= 0.3 is 0 Å². The molecule has 0 spiro atoms. The van der Waals surface area contributed by atoms with Crippen LogP contribution in [0.2, 0.25) is 5.02 Å². The molecule has 0 aliphatic carbocycles. The molecule has 1 N–H and O–H groups in total. The molecule has 0 bridgehead atoms. The second-order valence-electron chi connectivity index (χ2n) is 3.82. The Labute approximate surface area is 109 Å². The quantitative estimate of drug-likeness (QED) is 0.924. The molecule has 7 heteroatoms. The molecule has 0 saturated heterocycles. The van der Waals surface area contributed by atoms with Crippen molar-refractivity contribution in [2.24, 2.45) is 0 Å². The largest absolute Gasteiger partial charge is 0.308 e. The van der Waals surface area contributed by atoms with E-state index >= 15 is 0 Å². The van der Waals surface area contributed by atoms with Crippen LogP contribution in [0.1, 0.15) is 25.7 Å². The van der Waals surface area contributed by atoms with Gasteiger partial charge in [-0.05, 0) is 42.1 Å². The topological polar surface area (TPSA) is 55.6 Å². The van der Waals surface area contributed by atoms with E-state index in [2.05, 4.69) is 20.8 Å². The van der Waals surface area contributed by atoms with Gasteiger partial charge < -0.3 is 5.32 Å². The van der Waals surface area contributed by atoms with Gasteiger partial charge in [0.1, 0.15) is 5.82 Å². The van der Waals surface area contributed by atoms with Crippen molar-refractivity contribution in [3.8, 4) is 5.69 Å². The normalized spacial score (nSPS) is 12.7. The summed E-state index contributed by atoms with van der Waals surface area (Å²) in [6, 6.07) is 4.09. The molecule has 5 nitrogen and oxygen atoms in total. The molecule has 0 fully saturated rings. The van der Waals surface area contributed by atoms with Gasteiger partial charge in [0.05, 0.1) is 16.8 Å². The van der Waals surface area contributed by atoms with Crippen LogP contribution in [0, 0.1) is 5.82 Å². The maximum Gasteiger partial charge on any atom is 0.173 e. The van der Waals surface area contributed by atoms with E-state index in [1.54, 1.807) is 6.07 Å². The third-order valence-electron chi connectivity index (χ3n) is 2.53. The summed E-state index contributed by atoms with van der Waals surface area (Å²) < 4.78 is 14.5. The Balaban J connectivity index is 2.42. The minimum atomic E-state index is -0.391. The highest BCUT2D eigenvalue weighted by Gasteiger charge is 2.16. The fraction of sp³-hybridized carbons (Fsp3) is 0.364. The lowest BCUT2D eigenvalue weighted by Gasteiger charge is -2.12. The second kappa shape index (κ2) is 5.41. The first-order valence-electron chi connectivity index (χ1n) is 5.60. The average Bonchev–Trinajstić information content (AvgIpc) is 2.78. The molecule has 1 heterocycles. The Kier molecular flexibility index (Phi) is 3.88. The molecule has 2 aromatic rings. The number of aromatic nitrogens is 4. The van der Waals surface area contributed by atoms with E-state index in [0.717, 1.165) is 6.54 Å². The zero-order valence-corrected chi connectivity index (χ0v) is 10.8. The van der Waals surface area contributed by atoms with Crippen LogP contribution in [0.25, 0.3) is 5.69 Å². The lowest BCUT2D eigenvalue weighted by Crippen LogP contribution is -2.21. The van der Waals surface area contributed by atoms with Crippen molar-refractivity contribution >= 4 is 11.6 Å². The molecule has 1 aromatic carbocycles. The number of hydrogen-bond acceptors (Lipinski definition) is 4. The summed E-state index contributed by atoms with van der Waals surface area (Å²) in [6.45, 7) is 4.74. The van der Waals surface area contributed by atoms with Crippen LogP contribution in [0.3, 0.4) is 0 Å². The molecule has 0 radical (unpaired) electrons. The summed E-state index contributed by atoms with van der Waals surface area (Å²) in [7, 11) is 0. The van der Waals surface area contributed by atoms with Crippen molar-refractivity contribution in [3.63, 3.8) is 0 Å². The summed E-state index contributed by atoms with van der Waals surface area (Å²) in [6.07, 6.45) is 0. The van der Waals surface area contributed by atoms with Crippen LogP contribution < -0.4 is 5.32 Å². The monoisotopic (exact) mass is 269 g/mol. The van der Waals surface area contributed by atoms with Crippen molar-refractivity contribution < 1.29 is 4.39 Å². The standard InChI is InChI=1S/C11H13ClFN5/c1-3-14-7(2)11-15-16-17-18(11)10-5-4-8(13)6-9(10)12/h4-7,14H,3H2,1-2H3. The molecule has 0 aliphatic heterocycles. The van der Waals surface area contributed by atoms with E-state index in [0.29, 0.717) is 11.5 Å². The Morgan fingerprint density at radius 1 is 1.50 bits per heavy atom. The number of halogens is 2. The molecule has 96 valence electrons. The molecule has 1 atom stereocenters. The van der Waals surface area contributed by atoms with Gasteiger partial charge in [-0.2, -0.15) is 4.68 Å². The third-order valence-corrected chi connectivity index (χ3v) is 2.83. The SMILES string of the molecule is CCNC(C)c1nnnn1-c1ccc(F)cc1Cl. The molecule has 2 rings (SSSR count). The number of hydrogen-bond donors (Lipinski definition) is 1. The Bertz CT molecular complexity index is 542. The smallest absolute Gasteiger partial charge is 0.173 e. The van der Waals surface area contributed by atoms with Crippen molar-refractivity contribution in [3.05, 3.63) is 34.9 Å². The summed E-state index contributed by atoms with van der Waals surface area (Å²) in [5.41, 5.74) is 0.558. The molecule has 0 amide bonds. The first-order valence-corrected chi connectivity index (χ1v) is 5.98. The molecular formula is C11H13ClFN5. The van der Waals surface area contributed by atoms with E-state index in [4.69, 9.17) is 11.6 Å². The van der Waals surface area contributed by atoms with Crippen molar-refractivity contribution in [1.29, 1.82) is 0 Å². The second-order valence-corrected chi connectivity index (χ2v) is 4.23. The summed E-state index contributed by atoms with van der Waals surface area (Å²) >= 11 is 6.00. The van der Waals surface area contributed by atoms with Gasteiger partial charge in [-0.1, -0.05) is 18.5 Å². The van der Waals surface area contributed by atoms with Crippen molar-refractivity contribution in [2.45, 2.75) is 19.9 Å². The predicted octanol–water partition coefficient (Wildman–Crippen LogP) is 2.13.